The first-order valence-corrected chi connectivity index (χ1v) is 13.0. The van der Waals surface area contributed by atoms with Crippen LogP contribution in [0.4, 0.5) is 0 Å². The molecule has 0 aromatic carbocycles. The maximum atomic E-state index is 12.2. The predicted molar refractivity (Wildman–Crippen MR) is 120 cm³/mol. The molecule has 2 saturated heterocycles. The van der Waals surface area contributed by atoms with E-state index in [4.69, 9.17) is 14.6 Å². The van der Waals surface area contributed by atoms with Gasteiger partial charge in [0.05, 0.1) is 13.2 Å². The topological polar surface area (TPSA) is 297 Å². The van der Waals surface area contributed by atoms with E-state index in [0.717, 1.165) is 16.8 Å². The Kier molecular flexibility index (Phi) is 15.5. The quantitative estimate of drug-likeness (QED) is 0.0894. The fraction of sp³-hybridized carbons (Fsp3) is 0.733. The molecule has 3 rings (SSSR count). The number of aliphatic hydroxyl groups excluding tert-OH is 6. The Morgan fingerprint density at radius 2 is 1.50 bits per heavy atom. The van der Waals surface area contributed by atoms with Crippen molar-refractivity contribution >= 4 is 118 Å². The number of aromatic nitrogens is 2. The molecular weight excluding hydrogens is 620 g/mol. The molecule has 1 aromatic rings. The van der Waals surface area contributed by atoms with Crippen LogP contribution in [0.5, 0.6) is 0 Å². The number of ether oxygens (including phenoxy) is 2. The number of phosphoric ester groups is 2. The molecule has 0 spiro atoms. The van der Waals surface area contributed by atoms with Crippen LogP contribution in [0.3, 0.4) is 0 Å². The van der Waals surface area contributed by atoms with Gasteiger partial charge >= 0.3 is 21.3 Å². The third-order valence-corrected chi connectivity index (χ3v) is 7.76. The van der Waals surface area contributed by atoms with E-state index in [9.17, 15) is 54.0 Å². The molecular formula is C15H24K2N2O17P2. The third-order valence-electron chi connectivity index (χ3n) is 5.16. The van der Waals surface area contributed by atoms with Gasteiger partial charge in [-0.15, -0.1) is 0 Å². The molecule has 0 amide bonds. The molecule has 19 nitrogen and oxygen atoms in total. The summed E-state index contributed by atoms with van der Waals surface area (Å²) in [5, 5.41) is 58.6. The monoisotopic (exact) mass is 644 g/mol. The largest absolute Gasteiger partial charge is 0.483 e. The first-order chi connectivity index (χ1) is 16.7. The maximum Gasteiger partial charge on any atom is 0.483 e. The second kappa shape index (κ2) is 15.6. The minimum Gasteiger partial charge on any atom is -0.394 e. The van der Waals surface area contributed by atoms with Crippen LogP contribution in [0.1, 0.15) is 6.23 Å². The molecule has 3 heterocycles. The third kappa shape index (κ3) is 9.45. The summed E-state index contributed by atoms with van der Waals surface area (Å²) in [4.78, 5) is 44.5. The fourth-order valence-corrected chi connectivity index (χ4v) is 5.51. The van der Waals surface area contributed by atoms with Crippen LogP contribution in [-0.4, -0.2) is 215 Å². The Hall–Kier alpha value is 1.89. The van der Waals surface area contributed by atoms with Crippen LogP contribution in [0.15, 0.2) is 21.9 Å². The van der Waals surface area contributed by atoms with Gasteiger partial charge in [-0.05, 0) is 0 Å². The van der Waals surface area contributed by atoms with Gasteiger partial charge in [-0.2, -0.15) is 4.31 Å². The smallest absolute Gasteiger partial charge is 0.394 e. The molecule has 0 saturated carbocycles. The van der Waals surface area contributed by atoms with E-state index < -0.39 is 95.4 Å². The van der Waals surface area contributed by atoms with E-state index in [0.29, 0.717) is 0 Å². The zero-order valence-corrected chi connectivity index (χ0v) is 27.9. The van der Waals surface area contributed by atoms with Crippen LogP contribution < -0.4 is 11.2 Å². The zero-order valence-electron chi connectivity index (χ0n) is 19.9. The van der Waals surface area contributed by atoms with Gasteiger partial charge in [-0.1, -0.05) is 0 Å². The molecule has 208 valence electrons. The number of nitrogens with one attached hydrogen (secondary N) is 1. The summed E-state index contributed by atoms with van der Waals surface area (Å²) >= 11 is 0. The van der Waals surface area contributed by atoms with Crippen LogP contribution >= 0.6 is 15.6 Å². The van der Waals surface area contributed by atoms with Crippen LogP contribution in [0, 0.1) is 0 Å². The number of nitrogens with zero attached hydrogens (tertiary/aromatic N) is 1. The predicted octanol–water partition coefficient (Wildman–Crippen LogP) is -5.56. The Morgan fingerprint density at radius 3 is 2.08 bits per heavy atom. The van der Waals surface area contributed by atoms with Gasteiger partial charge in [0.15, 0.2) is 12.5 Å². The van der Waals surface area contributed by atoms with Gasteiger partial charge in [0.2, 0.25) is 0 Å². The van der Waals surface area contributed by atoms with E-state index in [1.165, 1.54) is 0 Å². The van der Waals surface area contributed by atoms with Gasteiger partial charge in [-0.3, -0.25) is 23.4 Å². The summed E-state index contributed by atoms with van der Waals surface area (Å²) in [6.07, 6.45) is -15.4. The summed E-state index contributed by atoms with van der Waals surface area (Å²) in [7, 11) is -11.1. The van der Waals surface area contributed by atoms with Crippen molar-refractivity contribution in [2.24, 2.45) is 0 Å². The second-order valence-electron chi connectivity index (χ2n) is 7.68. The van der Waals surface area contributed by atoms with E-state index in [2.05, 4.69) is 13.4 Å². The van der Waals surface area contributed by atoms with Gasteiger partial charge in [-0.25, -0.2) is 13.9 Å². The van der Waals surface area contributed by atoms with Crippen molar-refractivity contribution in [3.63, 3.8) is 0 Å². The molecule has 1 aromatic heterocycles. The molecule has 9 N–H and O–H groups in total. The number of rotatable bonds is 9. The molecule has 0 bridgehead atoms. The minimum atomic E-state index is -5.59. The van der Waals surface area contributed by atoms with E-state index in [1.807, 2.05) is 4.98 Å². The average molecular weight is 644 g/mol. The molecule has 2 radical (unpaired) electrons. The molecule has 2 aliphatic rings. The second-order valence-corrected chi connectivity index (χ2v) is 10.7. The minimum absolute atomic E-state index is 0. The van der Waals surface area contributed by atoms with Crippen LogP contribution in [0.2, 0.25) is 0 Å². The van der Waals surface area contributed by atoms with Crippen molar-refractivity contribution in [3.05, 3.63) is 33.1 Å². The number of aliphatic hydroxyl groups is 6. The number of phosphoric acid groups is 2. The number of aromatic amines is 1. The standard InChI is InChI=1S/C15H24N2O17P2.2K/c18-3-5-8(20)10(22)12(24)14(32-5)33-36(28,29)34-35(26,27)30-4-6-9(21)11(23)13(31-6)17-2-1-7(19)16-15(17)25;;/h1-2,5-6,8-14,18,20-24H,3-4H2,(H,26,27)(H,28,29)(H,16,19,25);;/t5-,6-,8+,9-,10+,11-,12-,13-,14-;;/m1../s1. The first kappa shape index (κ1) is 37.9. The zero-order chi connectivity index (χ0) is 27.0. The van der Waals surface area contributed by atoms with Crippen molar-refractivity contribution < 1.29 is 72.4 Å². The first-order valence-electron chi connectivity index (χ1n) is 9.99. The molecule has 2 aliphatic heterocycles. The number of H-pyrrole nitrogens is 1. The normalized spacial score (nSPS) is 36.4. The summed E-state index contributed by atoms with van der Waals surface area (Å²) < 4.78 is 48.1. The van der Waals surface area contributed by atoms with E-state index in [-0.39, 0.29) is 103 Å². The molecule has 0 aliphatic carbocycles. The van der Waals surface area contributed by atoms with Gasteiger partial charge < -0.3 is 49.9 Å². The average Bonchev–Trinajstić information content (AvgIpc) is 3.06. The molecule has 38 heavy (non-hydrogen) atoms. The van der Waals surface area contributed by atoms with Crippen molar-refractivity contribution in [1.29, 1.82) is 0 Å². The summed E-state index contributed by atoms with van der Waals surface area (Å²) in [5.41, 5.74) is -1.75. The summed E-state index contributed by atoms with van der Waals surface area (Å²) in [6, 6.07) is 0.928. The molecule has 2 fully saturated rings. The molecule has 23 heteroatoms. The van der Waals surface area contributed by atoms with Crippen molar-refractivity contribution in [2.45, 2.75) is 55.2 Å². The summed E-state index contributed by atoms with van der Waals surface area (Å²) in [6.45, 7) is -1.93. The number of hydrogen-bond donors (Lipinski definition) is 9. The van der Waals surface area contributed by atoms with Gasteiger partial charge in [0, 0.05) is 115 Å². The maximum absolute atomic E-state index is 12.2. The Bertz CT molecular complexity index is 1140. The van der Waals surface area contributed by atoms with Gasteiger partial charge in [0.25, 0.3) is 5.56 Å². The molecule has 11 atom stereocenters. The van der Waals surface area contributed by atoms with Gasteiger partial charge in [0.1, 0.15) is 42.7 Å². The fourth-order valence-electron chi connectivity index (χ4n) is 3.35. The molecule has 2 unspecified atom stereocenters. The Balaban J connectivity index is 0.00000361. The SMILES string of the molecule is O=c1ccn([C@@H]2O[C@H](COP(=O)(O)OP(=O)(O)O[C@H]3O[C@H](CO)[C@H](O)[C@H](O)[C@H]3O)[C@@H](O)[C@H]2O)c(=O)[nH]1.[K].[K]. The number of hydrogen-bond acceptors (Lipinski definition) is 15. The summed E-state index contributed by atoms with van der Waals surface area (Å²) in [5.74, 6) is 0. The Labute approximate surface area is 297 Å². The Morgan fingerprint density at radius 1 is 0.895 bits per heavy atom. The van der Waals surface area contributed by atoms with E-state index >= 15 is 0 Å². The van der Waals surface area contributed by atoms with E-state index in [1.54, 1.807) is 0 Å². The van der Waals surface area contributed by atoms with Crippen LogP contribution in [-0.2, 0) is 32.0 Å². The van der Waals surface area contributed by atoms with Crippen molar-refractivity contribution in [1.82, 2.24) is 9.55 Å². The van der Waals surface area contributed by atoms with Crippen LogP contribution in [0.25, 0.3) is 0 Å². The van der Waals surface area contributed by atoms with Crippen molar-refractivity contribution in [3.8, 4) is 0 Å². The van der Waals surface area contributed by atoms with Crippen molar-refractivity contribution in [2.75, 3.05) is 13.2 Å².